The molecular weight excluding hydrogens is 295 g/mol. The average molecular weight is 315 g/mol. The summed E-state index contributed by atoms with van der Waals surface area (Å²) in [6, 6.07) is 5.45. The van der Waals surface area contributed by atoms with Crippen LogP contribution in [0.1, 0.15) is 31.2 Å². The van der Waals surface area contributed by atoms with Crippen molar-refractivity contribution in [2.45, 2.75) is 38.3 Å². The van der Waals surface area contributed by atoms with Gasteiger partial charge in [-0.2, -0.15) is 0 Å². The minimum absolute atomic E-state index is 0.142. The van der Waals surface area contributed by atoms with Gasteiger partial charge in [-0.15, -0.1) is 0 Å². The highest BCUT2D eigenvalue weighted by Gasteiger charge is 2.17. The first-order valence-corrected chi connectivity index (χ1v) is 7.34. The van der Waals surface area contributed by atoms with Gasteiger partial charge in [0, 0.05) is 22.6 Å². The molecule has 100 valence electrons. The van der Waals surface area contributed by atoms with Gasteiger partial charge in [-0.3, -0.25) is 0 Å². The van der Waals surface area contributed by atoms with Crippen molar-refractivity contribution < 1.29 is 4.39 Å². The molecule has 3 N–H and O–H groups in total. The zero-order chi connectivity index (χ0) is 13.0. The number of rotatable bonds is 4. The lowest BCUT2D eigenvalue weighted by molar-refractivity contribution is 0.314. The van der Waals surface area contributed by atoms with Gasteiger partial charge in [-0.05, 0) is 56.3 Å². The molecule has 0 heterocycles. The Kier molecular flexibility index (Phi) is 5.15. The Morgan fingerprint density at radius 2 is 2.00 bits per heavy atom. The fraction of sp³-hybridized carbons (Fsp3) is 0.571. The molecule has 0 atom stereocenters. The molecule has 1 aliphatic rings. The van der Waals surface area contributed by atoms with E-state index < -0.39 is 0 Å². The Balaban J connectivity index is 1.76. The highest BCUT2D eigenvalue weighted by molar-refractivity contribution is 9.10. The summed E-state index contributed by atoms with van der Waals surface area (Å²) in [5, 5.41) is 3.35. The van der Waals surface area contributed by atoms with Crippen LogP contribution < -0.4 is 11.1 Å². The van der Waals surface area contributed by atoms with Crippen molar-refractivity contribution in [2.75, 3.05) is 6.54 Å². The van der Waals surface area contributed by atoms with E-state index in [9.17, 15) is 4.39 Å². The SMILES string of the molecule is NC1CCC(CNCc2cc(Br)ccc2F)CC1. The molecule has 0 amide bonds. The Morgan fingerprint density at radius 3 is 2.72 bits per heavy atom. The third-order valence-electron chi connectivity index (χ3n) is 3.65. The van der Waals surface area contributed by atoms with Crippen LogP contribution in [-0.4, -0.2) is 12.6 Å². The van der Waals surface area contributed by atoms with Gasteiger partial charge in [0.25, 0.3) is 0 Å². The van der Waals surface area contributed by atoms with E-state index >= 15 is 0 Å². The van der Waals surface area contributed by atoms with Crippen LogP contribution in [0, 0.1) is 11.7 Å². The first kappa shape index (κ1) is 14.0. The van der Waals surface area contributed by atoms with Crippen LogP contribution in [0.2, 0.25) is 0 Å². The van der Waals surface area contributed by atoms with Crippen LogP contribution in [0.3, 0.4) is 0 Å². The van der Waals surface area contributed by atoms with Crippen molar-refractivity contribution in [1.29, 1.82) is 0 Å². The van der Waals surface area contributed by atoms with Crippen molar-refractivity contribution in [1.82, 2.24) is 5.32 Å². The summed E-state index contributed by atoms with van der Waals surface area (Å²) < 4.78 is 14.4. The molecular formula is C14H20BrFN2. The molecule has 1 aromatic rings. The molecule has 0 bridgehead atoms. The lowest BCUT2D eigenvalue weighted by Gasteiger charge is -2.26. The Bertz CT molecular complexity index is 389. The maximum atomic E-state index is 13.5. The minimum atomic E-state index is -0.142. The fourth-order valence-electron chi connectivity index (χ4n) is 2.48. The second kappa shape index (κ2) is 6.64. The number of nitrogens with one attached hydrogen (secondary N) is 1. The molecule has 0 unspecified atom stereocenters. The summed E-state index contributed by atoms with van der Waals surface area (Å²) in [5.41, 5.74) is 6.60. The summed E-state index contributed by atoms with van der Waals surface area (Å²) in [6.07, 6.45) is 4.62. The van der Waals surface area contributed by atoms with Gasteiger partial charge in [0.05, 0.1) is 0 Å². The first-order chi connectivity index (χ1) is 8.65. The molecule has 1 aliphatic carbocycles. The molecule has 0 aliphatic heterocycles. The zero-order valence-corrected chi connectivity index (χ0v) is 12.0. The van der Waals surface area contributed by atoms with Gasteiger partial charge < -0.3 is 11.1 Å². The van der Waals surface area contributed by atoms with E-state index in [-0.39, 0.29) is 5.82 Å². The van der Waals surface area contributed by atoms with Crippen LogP contribution in [0.5, 0.6) is 0 Å². The standard InChI is InChI=1S/C14H20BrFN2/c15-12-3-6-14(16)11(7-12)9-18-8-10-1-4-13(17)5-2-10/h3,6-7,10,13,18H,1-2,4-5,8-9,17H2. The molecule has 4 heteroatoms. The molecule has 2 rings (SSSR count). The summed E-state index contributed by atoms with van der Waals surface area (Å²) in [7, 11) is 0. The van der Waals surface area contributed by atoms with Crippen LogP contribution >= 0.6 is 15.9 Å². The van der Waals surface area contributed by atoms with E-state index in [2.05, 4.69) is 21.2 Å². The minimum Gasteiger partial charge on any atom is -0.328 e. The summed E-state index contributed by atoms with van der Waals surface area (Å²) >= 11 is 3.36. The Labute approximate surface area is 116 Å². The highest BCUT2D eigenvalue weighted by Crippen LogP contribution is 2.22. The van der Waals surface area contributed by atoms with Crippen molar-refractivity contribution in [3.05, 3.63) is 34.1 Å². The molecule has 1 saturated carbocycles. The maximum Gasteiger partial charge on any atom is 0.127 e. The van der Waals surface area contributed by atoms with Crippen molar-refractivity contribution in [3.63, 3.8) is 0 Å². The summed E-state index contributed by atoms with van der Waals surface area (Å²) in [6.45, 7) is 1.55. The van der Waals surface area contributed by atoms with Crippen LogP contribution in [0.4, 0.5) is 4.39 Å². The number of hydrogen-bond donors (Lipinski definition) is 2. The molecule has 2 nitrogen and oxygen atoms in total. The van der Waals surface area contributed by atoms with Crippen LogP contribution in [0.15, 0.2) is 22.7 Å². The number of nitrogens with two attached hydrogens (primary N) is 1. The van der Waals surface area contributed by atoms with Gasteiger partial charge >= 0.3 is 0 Å². The molecule has 1 fully saturated rings. The quantitative estimate of drug-likeness (QED) is 0.895. The Morgan fingerprint density at radius 1 is 1.28 bits per heavy atom. The largest absolute Gasteiger partial charge is 0.328 e. The second-order valence-corrected chi connectivity index (χ2v) is 6.06. The number of halogens is 2. The van der Waals surface area contributed by atoms with Gasteiger partial charge in [-0.25, -0.2) is 4.39 Å². The van der Waals surface area contributed by atoms with E-state index in [0.29, 0.717) is 18.5 Å². The van der Waals surface area contributed by atoms with E-state index in [1.54, 1.807) is 6.07 Å². The van der Waals surface area contributed by atoms with E-state index in [1.807, 2.05) is 6.07 Å². The smallest absolute Gasteiger partial charge is 0.127 e. The van der Waals surface area contributed by atoms with Gasteiger partial charge in [-0.1, -0.05) is 15.9 Å². The maximum absolute atomic E-state index is 13.5. The highest BCUT2D eigenvalue weighted by atomic mass is 79.9. The fourth-order valence-corrected chi connectivity index (χ4v) is 2.89. The third-order valence-corrected chi connectivity index (χ3v) is 4.14. The first-order valence-electron chi connectivity index (χ1n) is 6.55. The average Bonchev–Trinajstić information content (AvgIpc) is 2.36. The second-order valence-electron chi connectivity index (χ2n) is 5.15. The van der Waals surface area contributed by atoms with Crippen molar-refractivity contribution in [3.8, 4) is 0 Å². The van der Waals surface area contributed by atoms with Crippen LogP contribution in [-0.2, 0) is 6.54 Å². The molecule has 18 heavy (non-hydrogen) atoms. The van der Waals surface area contributed by atoms with Gasteiger partial charge in [0.15, 0.2) is 0 Å². The molecule has 0 spiro atoms. The zero-order valence-electron chi connectivity index (χ0n) is 10.5. The molecule has 0 saturated heterocycles. The Hall–Kier alpha value is -0.450. The lowest BCUT2D eigenvalue weighted by atomic mass is 9.86. The summed E-state index contributed by atoms with van der Waals surface area (Å²) in [5.74, 6) is 0.552. The summed E-state index contributed by atoms with van der Waals surface area (Å²) in [4.78, 5) is 0. The molecule has 0 radical (unpaired) electrons. The van der Waals surface area contributed by atoms with Crippen LogP contribution in [0.25, 0.3) is 0 Å². The molecule has 0 aromatic heterocycles. The van der Waals surface area contributed by atoms with E-state index in [1.165, 1.54) is 18.9 Å². The third kappa shape index (κ3) is 4.04. The van der Waals surface area contributed by atoms with E-state index in [0.717, 1.165) is 29.4 Å². The monoisotopic (exact) mass is 314 g/mol. The van der Waals surface area contributed by atoms with Crippen molar-refractivity contribution in [2.24, 2.45) is 11.7 Å². The van der Waals surface area contributed by atoms with Crippen molar-refractivity contribution >= 4 is 15.9 Å². The number of benzene rings is 1. The normalized spacial score (nSPS) is 24.2. The predicted octanol–water partition coefficient (Wildman–Crippen LogP) is 3.20. The van der Waals surface area contributed by atoms with Gasteiger partial charge in [0.2, 0.25) is 0 Å². The number of hydrogen-bond acceptors (Lipinski definition) is 2. The topological polar surface area (TPSA) is 38.0 Å². The predicted molar refractivity (Wildman–Crippen MR) is 75.7 cm³/mol. The lowest BCUT2D eigenvalue weighted by Crippen LogP contribution is -2.31. The molecule has 1 aromatic carbocycles. The van der Waals surface area contributed by atoms with E-state index in [4.69, 9.17) is 5.73 Å². The van der Waals surface area contributed by atoms with Gasteiger partial charge in [0.1, 0.15) is 5.82 Å².